The highest BCUT2D eigenvalue weighted by atomic mass is 31.2. The molecule has 0 bridgehead atoms. The van der Waals surface area contributed by atoms with E-state index >= 15 is 0 Å². The minimum absolute atomic E-state index is 0.0119. The molecule has 15 heteroatoms. The Hall–Kier alpha value is -3.94. The molecule has 2 aliphatic rings. The third kappa shape index (κ3) is 17.7. The fraction of sp³-hybridized carbons (Fsp3) is 0.685. The summed E-state index contributed by atoms with van der Waals surface area (Å²) >= 11 is 0. The Morgan fingerprint density at radius 3 is 2.06 bits per heavy atom. The summed E-state index contributed by atoms with van der Waals surface area (Å²) in [6.07, 6.45) is 22.4. The van der Waals surface area contributed by atoms with Crippen LogP contribution in [0.1, 0.15) is 185 Å². The summed E-state index contributed by atoms with van der Waals surface area (Å²) in [5.41, 5.74) is 1.55. The van der Waals surface area contributed by atoms with E-state index in [2.05, 4.69) is 6.92 Å². The lowest BCUT2D eigenvalue weighted by atomic mass is 9.85. The number of nitrogens with zero attached hydrogens (tertiary/aromatic N) is 3. The predicted molar refractivity (Wildman–Crippen MR) is 270 cm³/mol. The van der Waals surface area contributed by atoms with Crippen LogP contribution >= 0.6 is 7.60 Å². The van der Waals surface area contributed by atoms with E-state index in [0.717, 1.165) is 48.6 Å². The molecule has 0 saturated carbocycles. The molecule has 69 heavy (non-hydrogen) atoms. The smallest absolute Gasteiger partial charge is 0.355 e. The summed E-state index contributed by atoms with van der Waals surface area (Å²) in [5, 5.41) is 0.969. The average molecular weight is 980 g/mol. The van der Waals surface area contributed by atoms with E-state index in [-0.39, 0.29) is 50.8 Å². The molecular weight excluding hydrogens is 898 g/mol. The largest absolute Gasteiger partial charge is 0.457 e. The van der Waals surface area contributed by atoms with E-state index in [9.17, 15) is 28.6 Å². The number of rotatable bonds is 36. The van der Waals surface area contributed by atoms with Gasteiger partial charge in [0.15, 0.2) is 0 Å². The van der Waals surface area contributed by atoms with Gasteiger partial charge >= 0.3 is 25.5 Å². The summed E-state index contributed by atoms with van der Waals surface area (Å²) < 4.78 is 42.9. The quantitative estimate of drug-likeness (QED) is 0.0198. The number of carbonyl (C=O) groups excluding carboxylic acids is 3. The topological polar surface area (TPSA) is 173 Å². The Labute approximate surface area is 411 Å². The van der Waals surface area contributed by atoms with Crippen LogP contribution < -0.4 is 5.56 Å². The summed E-state index contributed by atoms with van der Waals surface area (Å²) in [4.78, 5) is 70.9. The molecule has 2 unspecified atom stereocenters. The first-order chi connectivity index (χ1) is 33.4. The number of aromatic nitrogens is 2. The fourth-order valence-electron chi connectivity index (χ4n) is 9.40. The molecule has 0 amide bonds. The van der Waals surface area contributed by atoms with Gasteiger partial charge < -0.3 is 37.8 Å². The number of benzene rings is 1. The lowest BCUT2D eigenvalue weighted by molar-refractivity contribution is -0.189. The normalized spacial score (nSPS) is 16.5. The third-order valence-corrected chi connectivity index (χ3v) is 14.9. The highest BCUT2D eigenvalue weighted by Gasteiger charge is 2.50. The SMILES string of the molecule is CCCCCCCCCCCCCCCCCOCC(COP(=O)(O)CCCN(C)C)OC(=O)CCCCCCCC(=O)O[C@]1(CC)C(=O)OCc2c1cc1n(c2=O)Cc2cc3ccccc3nc2-1. The van der Waals surface area contributed by atoms with Crippen molar-refractivity contribution < 1.29 is 47.3 Å². The second-order valence-electron chi connectivity index (χ2n) is 19.5. The van der Waals surface area contributed by atoms with Gasteiger partial charge in [-0.25, -0.2) is 9.78 Å². The van der Waals surface area contributed by atoms with Gasteiger partial charge in [-0.15, -0.1) is 0 Å². The van der Waals surface area contributed by atoms with Crippen molar-refractivity contribution in [3.63, 3.8) is 0 Å². The van der Waals surface area contributed by atoms with Crippen LogP contribution in [-0.2, 0) is 61.2 Å². The van der Waals surface area contributed by atoms with Crippen molar-refractivity contribution in [2.24, 2.45) is 0 Å². The maximum Gasteiger partial charge on any atom is 0.355 e. The van der Waals surface area contributed by atoms with E-state index in [4.69, 9.17) is 28.5 Å². The number of ether oxygens (including phenoxy) is 4. The van der Waals surface area contributed by atoms with Crippen LogP contribution in [0.4, 0.5) is 0 Å². The zero-order chi connectivity index (χ0) is 49.5. The molecule has 384 valence electrons. The number of unbranched alkanes of at least 4 members (excludes halogenated alkanes) is 18. The molecule has 0 radical (unpaired) electrons. The average Bonchev–Trinajstić information content (AvgIpc) is 3.68. The number of para-hydroxylation sites is 1. The number of esters is 3. The highest BCUT2D eigenvalue weighted by molar-refractivity contribution is 7.52. The van der Waals surface area contributed by atoms with Crippen LogP contribution in [0.25, 0.3) is 22.3 Å². The van der Waals surface area contributed by atoms with E-state index in [1.54, 1.807) is 17.6 Å². The maximum absolute atomic E-state index is 13.9. The van der Waals surface area contributed by atoms with Crippen LogP contribution in [0.2, 0.25) is 0 Å². The van der Waals surface area contributed by atoms with E-state index in [1.807, 2.05) is 49.3 Å². The van der Waals surface area contributed by atoms with Crippen molar-refractivity contribution in [2.45, 2.75) is 193 Å². The van der Waals surface area contributed by atoms with E-state index in [0.29, 0.717) is 67.9 Å². The molecule has 2 aliphatic heterocycles. The lowest BCUT2D eigenvalue weighted by Gasteiger charge is -2.35. The molecule has 2 aromatic heterocycles. The minimum atomic E-state index is -3.87. The zero-order valence-electron chi connectivity index (χ0n) is 42.3. The molecule has 5 rings (SSSR count). The molecular formula is C54H82N3O11P. The second kappa shape index (κ2) is 29.4. The first kappa shape index (κ1) is 56.0. The second-order valence-corrected chi connectivity index (χ2v) is 21.4. The number of hydrogen-bond acceptors (Lipinski definition) is 12. The van der Waals surface area contributed by atoms with Crippen LogP contribution in [0.15, 0.2) is 41.2 Å². The summed E-state index contributed by atoms with van der Waals surface area (Å²) in [7, 11) is -0.0664. The van der Waals surface area contributed by atoms with Gasteiger partial charge in [-0.2, -0.15) is 0 Å². The van der Waals surface area contributed by atoms with Gasteiger partial charge in [-0.1, -0.05) is 141 Å². The number of carbonyl (C=O) groups is 3. The van der Waals surface area contributed by atoms with Crippen molar-refractivity contribution in [2.75, 3.05) is 46.6 Å². The fourth-order valence-corrected chi connectivity index (χ4v) is 10.5. The zero-order valence-corrected chi connectivity index (χ0v) is 43.2. The molecule has 1 N–H and O–H groups in total. The number of pyridine rings is 2. The molecule has 0 aliphatic carbocycles. The van der Waals surface area contributed by atoms with Gasteiger partial charge in [0.2, 0.25) is 5.60 Å². The molecule has 14 nitrogen and oxygen atoms in total. The van der Waals surface area contributed by atoms with Gasteiger partial charge in [0.25, 0.3) is 5.56 Å². The Morgan fingerprint density at radius 2 is 1.42 bits per heavy atom. The van der Waals surface area contributed by atoms with Gasteiger partial charge in [0.1, 0.15) is 12.7 Å². The first-order valence-corrected chi connectivity index (χ1v) is 28.1. The Balaban J connectivity index is 1.00. The van der Waals surface area contributed by atoms with E-state index < -0.39 is 37.2 Å². The Morgan fingerprint density at radius 1 is 0.812 bits per heavy atom. The summed E-state index contributed by atoms with van der Waals surface area (Å²) in [5.74, 6) is -1.68. The van der Waals surface area contributed by atoms with Crippen molar-refractivity contribution in [3.8, 4) is 11.4 Å². The standard InChI is InChI=1S/C54H82N3O11P/c1-5-7-8-9-10-11-12-13-14-15-16-17-18-22-27-34-64-39-44(40-66-69(62,63)35-28-33-56(3)4)67-49(58)31-23-20-19-21-24-32-50(59)68-54(6-2)46-37-48-51-43(36-42-29-25-26-30-47(42)55-51)38-57(48)52(60)45(46)41-65-53(54)61/h25-26,29-30,36-37,44H,5-24,27-28,31-35,38-41H2,1-4H3,(H,62,63)/t44?,54-/m0/s1. The molecule has 0 saturated heterocycles. The minimum Gasteiger partial charge on any atom is -0.457 e. The Kier molecular flexibility index (Phi) is 23.9. The van der Waals surface area contributed by atoms with Gasteiger partial charge in [-0.3, -0.25) is 18.9 Å². The maximum atomic E-state index is 13.9. The van der Waals surface area contributed by atoms with Crippen LogP contribution in [0, 0.1) is 0 Å². The molecule has 1 aromatic carbocycles. The van der Waals surface area contributed by atoms with Crippen LogP contribution in [0.5, 0.6) is 0 Å². The highest BCUT2D eigenvalue weighted by Crippen LogP contribution is 2.43. The molecule has 3 atom stereocenters. The lowest BCUT2D eigenvalue weighted by Crippen LogP contribution is -2.47. The van der Waals surface area contributed by atoms with Gasteiger partial charge in [0, 0.05) is 36.0 Å². The molecule has 0 fully saturated rings. The molecule has 3 aromatic rings. The van der Waals surface area contributed by atoms with Crippen molar-refractivity contribution in [3.05, 3.63) is 63.4 Å². The first-order valence-electron chi connectivity index (χ1n) is 26.3. The number of fused-ring (bicyclic) bond motifs is 5. The van der Waals surface area contributed by atoms with E-state index in [1.165, 1.54) is 77.0 Å². The van der Waals surface area contributed by atoms with Crippen molar-refractivity contribution in [1.82, 2.24) is 14.5 Å². The predicted octanol–water partition coefficient (Wildman–Crippen LogP) is 11.3. The number of cyclic esters (lactones) is 1. The van der Waals surface area contributed by atoms with Crippen LogP contribution in [-0.4, -0.2) is 90.0 Å². The monoisotopic (exact) mass is 980 g/mol. The number of hydrogen-bond donors (Lipinski definition) is 1. The third-order valence-electron chi connectivity index (χ3n) is 13.4. The van der Waals surface area contributed by atoms with Crippen molar-refractivity contribution >= 4 is 36.4 Å². The van der Waals surface area contributed by atoms with Crippen LogP contribution in [0.3, 0.4) is 0 Å². The summed E-state index contributed by atoms with van der Waals surface area (Å²) in [6.45, 7) is 5.18. The van der Waals surface area contributed by atoms with Gasteiger partial charge in [0.05, 0.1) is 48.4 Å². The Bertz CT molecular complexity index is 2190. The summed E-state index contributed by atoms with van der Waals surface area (Å²) in [6, 6.07) is 11.6. The van der Waals surface area contributed by atoms with Crippen molar-refractivity contribution in [1.29, 1.82) is 0 Å². The van der Waals surface area contributed by atoms with Gasteiger partial charge in [-0.05, 0) is 70.9 Å². The molecule has 4 heterocycles. The molecule has 0 spiro atoms.